The van der Waals surface area contributed by atoms with E-state index in [4.69, 9.17) is 0 Å². The number of hydrogen-bond acceptors (Lipinski definition) is 4. The molecule has 6 rings (SSSR count). The Labute approximate surface area is 156 Å². The fraction of sp³-hybridized carbons (Fsp3) is 0.500. The number of hydrogen-bond donors (Lipinski definition) is 0. The first-order valence-corrected chi connectivity index (χ1v) is 9.87. The van der Waals surface area contributed by atoms with E-state index in [-0.39, 0.29) is 0 Å². The van der Waals surface area contributed by atoms with Gasteiger partial charge >= 0.3 is 0 Å². The Bertz CT molecular complexity index is 771. The average molecular weight is 348 g/mol. The number of benzene rings is 1. The van der Waals surface area contributed by atoms with Crippen LogP contribution >= 0.6 is 0 Å². The predicted octanol–water partition coefficient (Wildman–Crippen LogP) is 3.35. The molecule has 4 atom stereocenters. The van der Waals surface area contributed by atoms with Gasteiger partial charge < -0.3 is 14.7 Å². The van der Waals surface area contributed by atoms with Gasteiger partial charge in [-0.2, -0.15) is 0 Å². The second-order valence-electron chi connectivity index (χ2n) is 8.60. The molecule has 1 aromatic carbocycles. The van der Waals surface area contributed by atoms with Gasteiger partial charge in [0.2, 0.25) is 0 Å². The van der Waals surface area contributed by atoms with E-state index in [2.05, 4.69) is 70.3 Å². The van der Waals surface area contributed by atoms with Crippen LogP contribution < -0.4 is 9.80 Å². The van der Waals surface area contributed by atoms with Crippen molar-refractivity contribution in [2.45, 2.75) is 18.9 Å². The van der Waals surface area contributed by atoms with Gasteiger partial charge in [0.1, 0.15) is 0 Å². The standard InChI is InChI=1S/C22H28N4/c1-24(2)20-5-3-18(4-6-20)19-9-21(11-23-10-19)26-14-17-7-16-8-22(26)15-25(12-16)13-17/h3-6,9-11,16-17,22H,7-8,12-15H2,1-2H3. The first-order valence-electron chi connectivity index (χ1n) is 9.87. The van der Waals surface area contributed by atoms with E-state index >= 15 is 0 Å². The predicted molar refractivity (Wildman–Crippen MR) is 108 cm³/mol. The summed E-state index contributed by atoms with van der Waals surface area (Å²) in [4.78, 5) is 12.1. The zero-order valence-corrected chi connectivity index (χ0v) is 15.8. The number of nitrogens with zero attached hydrogens (tertiary/aromatic N) is 4. The highest BCUT2D eigenvalue weighted by Gasteiger charge is 2.41. The van der Waals surface area contributed by atoms with Crippen molar-refractivity contribution in [3.05, 3.63) is 42.7 Å². The summed E-state index contributed by atoms with van der Waals surface area (Å²) in [5, 5.41) is 0. The van der Waals surface area contributed by atoms with Gasteiger partial charge in [-0.25, -0.2) is 0 Å². The van der Waals surface area contributed by atoms with E-state index in [1.807, 2.05) is 6.20 Å². The Morgan fingerprint density at radius 2 is 1.69 bits per heavy atom. The molecule has 4 aliphatic rings. The molecule has 4 aliphatic heterocycles. The maximum absolute atomic E-state index is 4.60. The molecule has 4 bridgehead atoms. The van der Waals surface area contributed by atoms with Crippen LogP contribution in [-0.2, 0) is 0 Å². The molecule has 0 amide bonds. The summed E-state index contributed by atoms with van der Waals surface area (Å²) in [5.41, 5.74) is 5.00. The van der Waals surface area contributed by atoms with E-state index < -0.39 is 0 Å². The average Bonchev–Trinajstić information content (AvgIpc) is 2.85. The van der Waals surface area contributed by atoms with Gasteiger partial charge in [0, 0.05) is 63.8 Å². The maximum atomic E-state index is 4.60. The molecule has 4 unspecified atom stereocenters. The van der Waals surface area contributed by atoms with Crippen molar-refractivity contribution in [3.63, 3.8) is 0 Å². The zero-order chi connectivity index (χ0) is 17.7. The molecule has 26 heavy (non-hydrogen) atoms. The quantitative estimate of drug-likeness (QED) is 0.848. The molecule has 0 aliphatic carbocycles. The number of piperidine rings is 2. The molecular formula is C22H28N4. The van der Waals surface area contributed by atoms with E-state index in [9.17, 15) is 0 Å². The fourth-order valence-corrected chi connectivity index (χ4v) is 5.30. The van der Waals surface area contributed by atoms with Gasteiger partial charge in [-0.15, -0.1) is 0 Å². The minimum atomic E-state index is 0.661. The molecule has 0 radical (unpaired) electrons. The number of rotatable bonds is 3. The van der Waals surface area contributed by atoms with Crippen molar-refractivity contribution in [2.24, 2.45) is 11.8 Å². The Balaban J connectivity index is 1.44. The topological polar surface area (TPSA) is 22.6 Å². The summed E-state index contributed by atoms with van der Waals surface area (Å²) < 4.78 is 0. The van der Waals surface area contributed by atoms with Crippen molar-refractivity contribution in [2.75, 3.05) is 50.1 Å². The lowest BCUT2D eigenvalue weighted by Gasteiger charge is -2.41. The van der Waals surface area contributed by atoms with Gasteiger partial charge in [0.25, 0.3) is 0 Å². The molecule has 5 heterocycles. The third-order valence-electron chi connectivity index (χ3n) is 6.44. The van der Waals surface area contributed by atoms with Gasteiger partial charge in [-0.05, 0) is 48.4 Å². The van der Waals surface area contributed by atoms with Crippen LogP contribution in [0, 0.1) is 11.8 Å². The summed E-state index contributed by atoms with van der Waals surface area (Å²) >= 11 is 0. The zero-order valence-electron chi connectivity index (χ0n) is 15.8. The van der Waals surface area contributed by atoms with Crippen LogP contribution in [0.25, 0.3) is 11.1 Å². The van der Waals surface area contributed by atoms with Crippen LogP contribution in [0.1, 0.15) is 12.8 Å². The highest BCUT2D eigenvalue weighted by Crippen LogP contribution is 2.39. The largest absolute Gasteiger partial charge is 0.378 e. The molecular weight excluding hydrogens is 320 g/mol. The van der Waals surface area contributed by atoms with Crippen LogP contribution in [-0.4, -0.2) is 56.2 Å². The fourth-order valence-electron chi connectivity index (χ4n) is 5.30. The van der Waals surface area contributed by atoms with Gasteiger partial charge in [-0.1, -0.05) is 12.1 Å². The summed E-state index contributed by atoms with van der Waals surface area (Å²) in [6, 6.07) is 11.8. The Morgan fingerprint density at radius 3 is 2.46 bits per heavy atom. The van der Waals surface area contributed by atoms with Crippen molar-refractivity contribution >= 4 is 11.4 Å². The van der Waals surface area contributed by atoms with Crippen LogP contribution in [0.15, 0.2) is 42.7 Å². The van der Waals surface area contributed by atoms with Crippen LogP contribution in [0.3, 0.4) is 0 Å². The number of fused-ring (bicyclic) bond motifs is 1. The molecule has 1 aromatic heterocycles. The van der Waals surface area contributed by atoms with Gasteiger partial charge in [0.05, 0.1) is 11.9 Å². The van der Waals surface area contributed by atoms with Gasteiger partial charge in [0.15, 0.2) is 0 Å². The molecule has 0 N–H and O–H groups in total. The van der Waals surface area contributed by atoms with E-state index in [0.717, 1.165) is 11.8 Å². The minimum Gasteiger partial charge on any atom is -0.378 e. The highest BCUT2D eigenvalue weighted by molar-refractivity contribution is 5.69. The van der Waals surface area contributed by atoms with Crippen molar-refractivity contribution in [1.29, 1.82) is 0 Å². The maximum Gasteiger partial charge on any atom is 0.0562 e. The van der Waals surface area contributed by atoms with E-state index in [1.165, 1.54) is 61.5 Å². The lowest BCUT2D eigenvalue weighted by atomic mass is 9.84. The SMILES string of the molecule is CN(C)c1ccc(-c2cncc(N3CC4CC5CC3CN(C5)C4)c2)cc1. The van der Waals surface area contributed by atoms with E-state index in [0.29, 0.717) is 6.04 Å². The number of aromatic nitrogens is 1. The molecule has 0 spiro atoms. The summed E-state index contributed by atoms with van der Waals surface area (Å²) in [7, 11) is 4.16. The van der Waals surface area contributed by atoms with Crippen LogP contribution in [0.4, 0.5) is 11.4 Å². The van der Waals surface area contributed by atoms with Crippen LogP contribution in [0.5, 0.6) is 0 Å². The minimum absolute atomic E-state index is 0.661. The van der Waals surface area contributed by atoms with Crippen molar-refractivity contribution < 1.29 is 0 Å². The third-order valence-corrected chi connectivity index (χ3v) is 6.44. The summed E-state index contributed by atoms with van der Waals surface area (Å²) in [6.45, 7) is 5.05. The second kappa shape index (κ2) is 6.27. The van der Waals surface area contributed by atoms with Crippen LogP contribution in [0.2, 0.25) is 0 Å². The third kappa shape index (κ3) is 2.86. The second-order valence-corrected chi connectivity index (χ2v) is 8.60. The Morgan fingerprint density at radius 1 is 0.885 bits per heavy atom. The first-order chi connectivity index (χ1) is 12.7. The smallest absolute Gasteiger partial charge is 0.0562 e. The normalized spacial score (nSPS) is 29.7. The molecule has 4 fully saturated rings. The molecule has 136 valence electrons. The first kappa shape index (κ1) is 16.1. The highest BCUT2D eigenvalue weighted by atomic mass is 15.3. The van der Waals surface area contributed by atoms with E-state index in [1.54, 1.807) is 0 Å². The Hall–Kier alpha value is -2.07. The van der Waals surface area contributed by atoms with Crippen molar-refractivity contribution in [1.82, 2.24) is 9.88 Å². The molecule has 0 saturated carbocycles. The summed E-state index contributed by atoms with van der Waals surface area (Å²) in [6.07, 6.45) is 6.84. The molecule has 4 saturated heterocycles. The summed E-state index contributed by atoms with van der Waals surface area (Å²) in [5.74, 6) is 1.73. The lowest BCUT2D eigenvalue weighted by Crippen LogP contribution is -2.49. The molecule has 2 aromatic rings. The Kier molecular flexibility index (Phi) is 3.89. The van der Waals surface area contributed by atoms with Gasteiger partial charge in [-0.3, -0.25) is 4.98 Å². The lowest BCUT2D eigenvalue weighted by molar-refractivity contribution is 0.0980. The molecule has 4 nitrogen and oxygen atoms in total. The monoisotopic (exact) mass is 348 g/mol. The number of anilines is 2. The number of pyridine rings is 1. The van der Waals surface area contributed by atoms with Crippen molar-refractivity contribution in [3.8, 4) is 11.1 Å². The molecule has 4 heteroatoms.